The van der Waals surface area contributed by atoms with Crippen LogP contribution in [-0.4, -0.2) is 29.9 Å². The molecule has 2 N–H and O–H groups in total. The van der Waals surface area contributed by atoms with Crippen molar-refractivity contribution in [1.82, 2.24) is 4.90 Å². The number of carbonyl (C=O) groups is 1. The summed E-state index contributed by atoms with van der Waals surface area (Å²) in [6.07, 6.45) is 0.977. The standard InChI is InChI=1S/C13H16BrClN2O/c1-8(16)9-2-3-17(7-9)13(18)10-4-11(14)6-12(15)5-10/h4-6,8-9H,2-3,7,16H2,1H3. The lowest BCUT2D eigenvalue weighted by Crippen LogP contribution is -2.33. The van der Waals surface area contributed by atoms with Crippen LogP contribution in [0.5, 0.6) is 0 Å². The van der Waals surface area contributed by atoms with Crippen molar-refractivity contribution in [3.05, 3.63) is 33.3 Å². The minimum absolute atomic E-state index is 0.0290. The van der Waals surface area contributed by atoms with Gasteiger partial charge in [0.05, 0.1) is 0 Å². The van der Waals surface area contributed by atoms with Gasteiger partial charge in [-0.2, -0.15) is 0 Å². The second kappa shape index (κ2) is 5.59. The molecule has 2 unspecified atom stereocenters. The van der Waals surface area contributed by atoms with E-state index in [0.29, 0.717) is 16.5 Å². The Hall–Kier alpha value is -0.580. The Morgan fingerprint density at radius 1 is 1.56 bits per heavy atom. The summed E-state index contributed by atoms with van der Waals surface area (Å²) >= 11 is 9.31. The Morgan fingerprint density at radius 2 is 2.28 bits per heavy atom. The summed E-state index contributed by atoms with van der Waals surface area (Å²) in [5.74, 6) is 0.429. The number of likely N-dealkylation sites (tertiary alicyclic amines) is 1. The highest BCUT2D eigenvalue weighted by Gasteiger charge is 2.29. The molecule has 0 bridgehead atoms. The Labute approximate surface area is 120 Å². The van der Waals surface area contributed by atoms with Crippen molar-refractivity contribution in [2.75, 3.05) is 13.1 Å². The Bertz CT molecular complexity index is 444. The molecule has 18 heavy (non-hydrogen) atoms. The molecule has 1 aliphatic heterocycles. The highest BCUT2D eigenvalue weighted by molar-refractivity contribution is 9.10. The van der Waals surface area contributed by atoms with E-state index in [0.717, 1.165) is 24.0 Å². The number of hydrogen-bond acceptors (Lipinski definition) is 2. The fourth-order valence-electron chi connectivity index (χ4n) is 2.26. The molecule has 0 spiro atoms. The van der Waals surface area contributed by atoms with E-state index in [-0.39, 0.29) is 11.9 Å². The molecule has 2 rings (SSSR count). The summed E-state index contributed by atoms with van der Waals surface area (Å²) in [5, 5.41) is 0.565. The van der Waals surface area contributed by atoms with Crippen LogP contribution >= 0.6 is 27.5 Å². The largest absolute Gasteiger partial charge is 0.338 e. The number of hydrogen-bond donors (Lipinski definition) is 1. The second-order valence-corrected chi connectivity index (χ2v) is 6.17. The summed E-state index contributed by atoms with van der Waals surface area (Å²) < 4.78 is 0.821. The number of benzene rings is 1. The SMILES string of the molecule is CC(N)C1CCN(C(=O)c2cc(Cl)cc(Br)c2)C1. The van der Waals surface area contributed by atoms with Gasteiger partial charge in [-0.05, 0) is 37.5 Å². The minimum Gasteiger partial charge on any atom is -0.338 e. The molecule has 98 valence electrons. The monoisotopic (exact) mass is 330 g/mol. The highest BCUT2D eigenvalue weighted by Crippen LogP contribution is 2.24. The molecule has 0 aromatic heterocycles. The first-order valence-corrected chi connectivity index (χ1v) is 7.15. The summed E-state index contributed by atoms with van der Waals surface area (Å²) in [6.45, 7) is 3.50. The van der Waals surface area contributed by atoms with E-state index in [2.05, 4.69) is 15.9 Å². The molecule has 1 aromatic carbocycles. The van der Waals surface area contributed by atoms with Crippen LogP contribution in [-0.2, 0) is 0 Å². The number of nitrogens with two attached hydrogens (primary N) is 1. The lowest BCUT2D eigenvalue weighted by Gasteiger charge is -2.18. The van der Waals surface area contributed by atoms with Gasteiger partial charge in [0.25, 0.3) is 5.91 Å². The first kappa shape index (κ1) is 13.8. The summed E-state index contributed by atoms with van der Waals surface area (Å²) in [4.78, 5) is 14.2. The van der Waals surface area contributed by atoms with E-state index >= 15 is 0 Å². The van der Waals surface area contributed by atoms with Crippen molar-refractivity contribution in [1.29, 1.82) is 0 Å². The van der Waals surface area contributed by atoms with Crippen LogP contribution in [0.3, 0.4) is 0 Å². The van der Waals surface area contributed by atoms with Gasteiger partial charge in [-0.3, -0.25) is 4.79 Å². The number of carbonyl (C=O) groups excluding carboxylic acids is 1. The zero-order chi connectivity index (χ0) is 13.3. The van der Waals surface area contributed by atoms with Crippen molar-refractivity contribution < 1.29 is 4.79 Å². The summed E-state index contributed by atoms with van der Waals surface area (Å²) in [7, 11) is 0. The van der Waals surface area contributed by atoms with E-state index in [1.54, 1.807) is 18.2 Å². The molecule has 0 saturated carbocycles. The predicted octanol–water partition coefficient (Wildman–Crippen LogP) is 2.91. The van der Waals surface area contributed by atoms with Crippen molar-refractivity contribution >= 4 is 33.4 Å². The maximum absolute atomic E-state index is 12.3. The third-order valence-corrected chi connectivity index (χ3v) is 4.04. The smallest absolute Gasteiger partial charge is 0.253 e. The average Bonchev–Trinajstić information content (AvgIpc) is 2.75. The number of amides is 1. The molecule has 1 fully saturated rings. The number of halogens is 2. The van der Waals surface area contributed by atoms with Gasteiger partial charge in [0.2, 0.25) is 0 Å². The lowest BCUT2D eigenvalue weighted by atomic mass is 10.0. The van der Waals surface area contributed by atoms with Gasteiger partial charge in [-0.25, -0.2) is 0 Å². The van der Waals surface area contributed by atoms with Crippen LogP contribution in [0, 0.1) is 5.92 Å². The van der Waals surface area contributed by atoms with E-state index < -0.39 is 0 Å². The second-order valence-electron chi connectivity index (χ2n) is 4.82. The zero-order valence-electron chi connectivity index (χ0n) is 10.2. The lowest BCUT2D eigenvalue weighted by molar-refractivity contribution is 0.0786. The predicted molar refractivity (Wildman–Crippen MR) is 76.8 cm³/mol. The number of nitrogens with zero attached hydrogens (tertiary/aromatic N) is 1. The van der Waals surface area contributed by atoms with Crippen molar-refractivity contribution in [3.8, 4) is 0 Å². The third-order valence-electron chi connectivity index (χ3n) is 3.36. The van der Waals surface area contributed by atoms with Crippen LogP contribution in [0.1, 0.15) is 23.7 Å². The molecule has 1 aromatic rings. The van der Waals surface area contributed by atoms with E-state index in [4.69, 9.17) is 17.3 Å². The van der Waals surface area contributed by atoms with Gasteiger partial charge in [-0.15, -0.1) is 0 Å². The minimum atomic E-state index is 0.0290. The van der Waals surface area contributed by atoms with Crippen LogP contribution in [0.2, 0.25) is 5.02 Å². The average molecular weight is 332 g/mol. The van der Waals surface area contributed by atoms with Gasteiger partial charge in [-0.1, -0.05) is 27.5 Å². The van der Waals surface area contributed by atoms with Crippen LogP contribution < -0.4 is 5.73 Å². The molecule has 1 saturated heterocycles. The van der Waals surface area contributed by atoms with E-state index in [9.17, 15) is 4.79 Å². The molecular formula is C13H16BrClN2O. The maximum Gasteiger partial charge on any atom is 0.253 e. The maximum atomic E-state index is 12.3. The first-order valence-electron chi connectivity index (χ1n) is 5.98. The molecule has 1 heterocycles. The van der Waals surface area contributed by atoms with E-state index in [1.807, 2.05) is 11.8 Å². The van der Waals surface area contributed by atoms with Crippen molar-refractivity contribution in [3.63, 3.8) is 0 Å². The van der Waals surface area contributed by atoms with Gasteiger partial charge in [0.15, 0.2) is 0 Å². The third kappa shape index (κ3) is 3.05. The highest BCUT2D eigenvalue weighted by atomic mass is 79.9. The normalized spacial score (nSPS) is 21.1. The number of rotatable bonds is 2. The van der Waals surface area contributed by atoms with Gasteiger partial charge in [0.1, 0.15) is 0 Å². The molecule has 1 aliphatic rings. The van der Waals surface area contributed by atoms with Crippen LogP contribution in [0.25, 0.3) is 0 Å². The zero-order valence-corrected chi connectivity index (χ0v) is 12.5. The van der Waals surface area contributed by atoms with Gasteiger partial charge >= 0.3 is 0 Å². The first-order chi connectivity index (χ1) is 8.47. The molecule has 1 amide bonds. The van der Waals surface area contributed by atoms with Gasteiger partial charge < -0.3 is 10.6 Å². The molecular weight excluding hydrogens is 316 g/mol. The Balaban J connectivity index is 2.12. The Morgan fingerprint density at radius 3 is 2.83 bits per heavy atom. The molecule has 5 heteroatoms. The van der Waals surface area contributed by atoms with Crippen LogP contribution in [0.15, 0.2) is 22.7 Å². The van der Waals surface area contributed by atoms with E-state index in [1.165, 1.54) is 0 Å². The molecule has 2 atom stereocenters. The summed E-state index contributed by atoms with van der Waals surface area (Å²) in [5.41, 5.74) is 6.51. The van der Waals surface area contributed by atoms with Crippen molar-refractivity contribution in [2.45, 2.75) is 19.4 Å². The molecule has 3 nitrogen and oxygen atoms in total. The Kier molecular flexibility index (Phi) is 4.30. The van der Waals surface area contributed by atoms with Crippen molar-refractivity contribution in [2.24, 2.45) is 11.7 Å². The summed E-state index contributed by atoms with van der Waals surface area (Å²) in [6, 6.07) is 5.41. The van der Waals surface area contributed by atoms with Gasteiger partial charge in [0, 0.05) is 34.2 Å². The van der Waals surface area contributed by atoms with Crippen LogP contribution in [0.4, 0.5) is 0 Å². The fraction of sp³-hybridized carbons (Fsp3) is 0.462. The quantitative estimate of drug-likeness (QED) is 0.905. The molecule has 0 aliphatic carbocycles. The molecule has 0 radical (unpaired) electrons. The fourth-order valence-corrected chi connectivity index (χ4v) is 3.12. The topological polar surface area (TPSA) is 46.3 Å².